The second-order valence-electron chi connectivity index (χ2n) is 3.79. The smallest absolute Gasteiger partial charge is 0.238 e. The first-order valence-electron chi connectivity index (χ1n) is 5.10. The topological polar surface area (TPSA) is 46.6 Å². The van der Waals surface area contributed by atoms with Gasteiger partial charge in [-0.05, 0) is 12.1 Å². The third-order valence-electron chi connectivity index (χ3n) is 2.58. The van der Waals surface area contributed by atoms with Crippen LogP contribution in [-0.4, -0.2) is 31.8 Å². The minimum atomic E-state index is -3.71. The van der Waals surface area contributed by atoms with E-state index in [4.69, 9.17) is 4.74 Å². The summed E-state index contributed by atoms with van der Waals surface area (Å²) in [6.45, 7) is -0.420. The van der Waals surface area contributed by atoms with Crippen LogP contribution in [0.15, 0.2) is 12.1 Å². The highest BCUT2D eigenvalue weighted by Gasteiger charge is 2.28. The Morgan fingerprint density at radius 2 is 1.89 bits per heavy atom. The maximum atomic E-state index is 13.4. The summed E-state index contributed by atoms with van der Waals surface area (Å²) in [5, 5.41) is 0. The average Bonchev–Trinajstić information content (AvgIpc) is 2.31. The Hall–Kier alpha value is -1.12. The molecule has 0 amide bonds. The van der Waals surface area contributed by atoms with E-state index in [2.05, 4.69) is 0 Å². The summed E-state index contributed by atoms with van der Waals surface area (Å²) < 4.78 is 68.5. The zero-order valence-electron chi connectivity index (χ0n) is 9.20. The van der Waals surface area contributed by atoms with Gasteiger partial charge in [0, 0.05) is 18.7 Å². The van der Waals surface area contributed by atoms with E-state index < -0.39 is 45.5 Å². The lowest BCUT2D eigenvalue weighted by Crippen LogP contribution is -2.41. The van der Waals surface area contributed by atoms with E-state index in [9.17, 15) is 21.6 Å². The summed E-state index contributed by atoms with van der Waals surface area (Å²) in [4.78, 5) is 0. The summed E-state index contributed by atoms with van der Waals surface area (Å²) in [6, 6.07) is 1.42. The minimum absolute atomic E-state index is 0.0161. The highest BCUT2D eigenvalue weighted by Crippen LogP contribution is 2.20. The Labute approximate surface area is 102 Å². The summed E-state index contributed by atoms with van der Waals surface area (Å²) in [5.41, 5.74) is -0.597. The summed E-state index contributed by atoms with van der Waals surface area (Å²) >= 11 is 0. The van der Waals surface area contributed by atoms with Crippen molar-refractivity contribution in [2.75, 3.05) is 19.1 Å². The van der Waals surface area contributed by atoms with Crippen LogP contribution in [0.2, 0.25) is 0 Å². The molecular weight excluding hydrogens is 271 g/mol. The van der Waals surface area contributed by atoms with Crippen molar-refractivity contribution in [3.8, 4) is 0 Å². The van der Waals surface area contributed by atoms with Gasteiger partial charge in [0.1, 0.15) is 5.82 Å². The number of benzene rings is 1. The molecule has 18 heavy (non-hydrogen) atoms. The Morgan fingerprint density at radius 3 is 2.56 bits per heavy atom. The molecule has 1 aliphatic heterocycles. The van der Waals surface area contributed by atoms with Gasteiger partial charge in [-0.2, -0.15) is 4.31 Å². The molecule has 0 spiro atoms. The van der Waals surface area contributed by atoms with E-state index in [0.717, 1.165) is 10.4 Å². The van der Waals surface area contributed by atoms with Crippen molar-refractivity contribution >= 4 is 10.0 Å². The lowest BCUT2D eigenvalue weighted by atomic mass is 10.2. The molecule has 4 nitrogen and oxygen atoms in total. The van der Waals surface area contributed by atoms with Gasteiger partial charge in [0.25, 0.3) is 0 Å². The normalized spacial score (nSPS) is 19.9. The summed E-state index contributed by atoms with van der Waals surface area (Å²) in [6.07, 6.45) is 0. The van der Waals surface area contributed by atoms with Crippen molar-refractivity contribution in [3.05, 3.63) is 35.1 Å². The van der Waals surface area contributed by atoms with E-state index in [1.165, 1.54) is 0 Å². The van der Waals surface area contributed by atoms with E-state index in [1.807, 2.05) is 0 Å². The predicted octanol–water partition coefficient (Wildman–Crippen LogP) is 1.22. The van der Waals surface area contributed by atoms with E-state index in [0.29, 0.717) is 6.07 Å². The molecule has 0 saturated carbocycles. The molecule has 0 unspecified atom stereocenters. The zero-order valence-corrected chi connectivity index (χ0v) is 10.0. The highest BCUT2D eigenvalue weighted by molar-refractivity contribution is 7.88. The first-order chi connectivity index (χ1) is 8.42. The Morgan fingerprint density at radius 1 is 1.22 bits per heavy atom. The predicted molar refractivity (Wildman–Crippen MR) is 56.5 cm³/mol. The molecule has 0 atom stereocenters. The fourth-order valence-corrected chi connectivity index (χ4v) is 2.77. The maximum Gasteiger partial charge on any atom is 0.238 e. The van der Waals surface area contributed by atoms with Gasteiger partial charge in [-0.15, -0.1) is 0 Å². The first kappa shape index (κ1) is 13.3. The number of halogens is 3. The van der Waals surface area contributed by atoms with Crippen LogP contribution < -0.4 is 0 Å². The molecule has 1 aliphatic rings. The molecular formula is C10H10F3NO3S. The van der Waals surface area contributed by atoms with Gasteiger partial charge in [-0.25, -0.2) is 21.6 Å². The maximum absolute atomic E-state index is 13.4. The second kappa shape index (κ2) is 4.87. The Balaban J connectivity index is 2.32. The van der Waals surface area contributed by atoms with Crippen molar-refractivity contribution < 1.29 is 26.3 Å². The molecule has 0 radical (unpaired) electrons. The van der Waals surface area contributed by atoms with E-state index >= 15 is 0 Å². The molecule has 0 aromatic heterocycles. The molecule has 0 aliphatic carbocycles. The fraction of sp³-hybridized carbons (Fsp3) is 0.400. The Bertz CT molecular complexity index is 562. The van der Waals surface area contributed by atoms with Crippen LogP contribution in [0.1, 0.15) is 5.56 Å². The van der Waals surface area contributed by atoms with E-state index in [1.54, 1.807) is 0 Å². The van der Waals surface area contributed by atoms with E-state index in [-0.39, 0.29) is 13.2 Å². The second-order valence-corrected chi connectivity index (χ2v) is 5.71. The van der Waals surface area contributed by atoms with Gasteiger partial charge in [0.15, 0.2) is 17.6 Å². The average molecular weight is 281 g/mol. The first-order valence-corrected chi connectivity index (χ1v) is 6.70. The van der Waals surface area contributed by atoms with Gasteiger partial charge in [0.2, 0.25) is 10.0 Å². The molecule has 2 rings (SSSR count). The number of hydrogen-bond acceptors (Lipinski definition) is 3. The van der Waals surface area contributed by atoms with Crippen LogP contribution in [-0.2, 0) is 21.3 Å². The highest BCUT2D eigenvalue weighted by atomic mass is 32.2. The lowest BCUT2D eigenvalue weighted by Gasteiger charge is -2.26. The summed E-state index contributed by atoms with van der Waals surface area (Å²) in [7, 11) is -3.71. The molecule has 1 heterocycles. The Kier molecular flexibility index (Phi) is 3.60. The number of ether oxygens (including phenoxy) is 1. The number of rotatable bonds is 2. The monoisotopic (exact) mass is 281 g/mol. The minimum Gasteiger partial charge on any atom is -0.363 e. The number of nitrogens with zero attached hydrogens (tertiary/aromatic N) is 1. The SMILES string of the molecule is O=S1(=O)COCCN1Cc1c(F)ccc(F)c1F. The van der Waals surface area contributed by atoms with Crippen molar-refractivity contribution in [2.24, 2.45) is 0 Å². The number of sulfonamides is 1. The quantitative estimate of drug-likeness (QED) is 0.766. The van der Waals surface area contributed by atoms with Gasteiger partial charge >= 0.3 is 0 Å². The third-order valence-corrected chi connectivity index (χ3v) is 4.15. The van der Waals surface area contributed by atoms with Gasteiger partial charge in [-0.3, -0.25) is 0 Å². The molecule has 8 heteroatoms. The molecule has 0 N–H and O–H groups in total. The third kappa shape index (κ3) is 2.50. The van der Waals surface area contributed by atoms with Gasteiger partial charge < -0.3 is 4.74 Å². The molecule has 1 aromatic rings. The number of hydrogen-bond donors (Lipinski definition) is 0. The molecule has 1 aromatic carbocycles. The van der Waals surface area contributed by atoms with Crippen LogP contribution in [0.25, 0.3) is 0 Å². The van der Waals surface area contributed by atoms with Crippen LogP contribution >= 0.6 is 0 Å². The molecule has 100 valence electrons. The molecule has 1 fully saturated rings. The van der Waals surface area contributed by atoms with Crippen molar-refractivity contribution in [2.45, 2.75) is 6.54 Å². The molecule has 1 saturated heterocycles. The summed E-state index contributed by atoms with van der Waals surface area (Å²) in [5.74, 6) is -4.09. The lowest BCUT2D eigenvalue weighted by molar-refractivity contribution is 0.129. The van der Waals surface area contributed by atoms with Crippen molar-refractivity contribution in [3.63, 3.8) is 0 Å². The van der Waals surface area contributed by atoms with Gasteiger partial charge in [-0.1, -0.05) is 0 Å². The standard InChI is InChI=1S/C10H10F3NO3S/c11-8-1-2-9(12)10(13)7(8)5-14-3-4-17-6-18(14,15)16/h1-2H,3-6H2. The van der Waals surface area contributed by atoms with Crippen molar-refractivity contribution in [1.29, 1.82) is 0 Å². The van der Waals surface area contributed by atoms with Crippen LogP contribution in [0.4, 0.5) is 13.2 Å². The fourth-order valence-electron chi connectivity index (χ4n) is 1.61. The van der Waals surface area contributed by atoms with Gasteiger partial charge in [0.05, 0.1) is 6.61 Å². The molecule has 0 bridgehead atoms. The van der Waals surface area contributed by atoms with Crippen LogP contribution in [0.5, 0.6) is 0 Å². The largest absolute Gasteiger partial charge is 0.363 e. The van der Waals surface area contributed by atoms with Crippen LogP contribution in [0, 0.1) is 17.5 Å². The van der Waals surface area contributed by atoms with Crippen molar-refractivity contribution in [1.82, 2.24) is 4.31 Å². The zero-order chi connectivity index (χ0) is 13.3. The van der Waals surface area contributed by atoms with Crippen LogP contribution in [0.3, 0.4) is 0 Å².